The number of hydrogen-bond donors (Lipinski definition) is 12. The molecule has 19 heteroatoms. The van der Waals surface area contributed by atoms with E-state index in [9.17, 15) is 60.0 Å². The van der Waals surface area contributed by atoms with Gasteiger partial charge in [0.05, 0.1) is 0 Å². The normalized spacial score (nSPS) is 48.9. The monoisotopic (exact) mass is 502 g/mol. The first-order chi connectivity index (χ1) is 14.0. The molecule has 0 aromatic carbocycles. The first-order valence-corrected chi connectivity index (χ1v) is 11.6. The maximum absolute atomic E-state index is 12.3. The van der Waals surface area contributed by atoms with Crippen molar-refractivity contribution in [2.75, 3.05) is 0 Å². The molecule has 2 aliphatic carbocycles. The van der Waals surface area contributed by atoms with Gasteiger partial charge in [0.1, 0.15) is 73.2 Å². The number of rotatable bonds is 6. The Balaban J connectivity index is 2.22. The molecule has 3 unspecified atom stereocenters. The molecule has 2 rings (SSSR count). The summed E-state index contributed by atoms with van der Waals surface area (Å²) < 4.78 is 36.4. The molecule has 0 bridgehead atoms. The number of hydrogen-bond acceptors (Lipinski definition) is 14. The Labute approximate surface area is 173 Å². The number of phosphoric acid groups is 2. The van der Waals surface area contributed by atoms with Gasteiger partial charge in [0.2, 0.25) is 0 Å². The van der Waals surface area contributed by atoms with Crippen LogP contribution in [0.3, 0.4) is 0 Å². The van der Waals surface area contributed by atoms with E-state index in [0.717, 1.165) is 0 Å². The summed E-state index contributed by atoms with van der Waals surface area (Å²) in [6, 6.07) is 0. The minimum absolute atomic E-state index is 2.05. The maximum atomic E-state index is 12.3. The van der Waals surface area contributed by atoms with Gasteiger partial charge in [-0.15, -0.1) is 0 Å². The van der Waals surface area contributed by atoms with E-state index in [0.29, 0.717) is 0 Å². The summed E-state index contributed by atoms with van der Waals surface area (Å²) in [5.74, 6) is 0. The molecular weight excluding hydrogens is 478 g/mol. The number of aliphatic hydroxyl groups is 9. The van der Waals surface area contributed by atoms with Crippen LogP contribution < -0.4 is 0 Å². The van der Waals surface area contributed by atoms with Crippen LogP contribution in [0.2, 0.25) is 0 Å². The lowest BCUT2D eigenvalue weighted by Crippen LogP contribution is -2.65. The first kappa shape index (κ1) is 27.1. The van der Waals surface area contributed by atoms with Crippen LogP contribution in [0.25, 0.3) is 0 Å². The fourth-order valence-corrected chi connectivity index (χ4v) is 4.97. The molecule has 31 heavy (non-hydrogen) atoms. The van der Waals surface area contributed by atoms with Gasteiger partial charge in [0, 0.05) is 0 Å². The third-order valence-corrected chi connectivity index (χ3v) is 6.43. The number of phosphoric ester groups is 2. The molecule has 12 N–H and O–H groups in total. The molecule has 13 atom stereocenters. The molecule has 0 heterocycles. The average molecular weight is 502 g/mol. The van der Waals surface area contributed by atoms with E-state index < -0.39 is 88.9 Å². The van der Waals surface area contributed by atoms with E-state index in [1.807, 2.05) is 0 Å². The van der Waals surface area contributed by atoms with Crippen LogP contribution in [0.1, 0.15) is 0 Å². The second-order valence-electron chi connectivity index (χ2n) is 7.08. The van der Waals surface area contributed by atoms with E-state index in [1.165, 1.54) is 0 Å². The molecule has 0 aromatic rings. The van der Waals surface area contributed by atoms with Crippen LogP contribution in [-0.2, 0) is 22.7 Å². The minimum atomic E-state index is -5.56. The summed E-state index contributed by atoms with van der Waals surface area (Å²) in [6.45, 7) is 0. The van der Waals surface area contributed by atoms with Crippen LogP contribution in [0.4, 0.5) is 0 Å². The molecule has 17 nitrogen and oxygen atoms in total. The maximum Gasteiger partial charge on any atom is 0.473 e. The van der Waals surface area contributed by atoms with Crippen molar-refractivity contribution in [3.8, 4) is 0 Å². The lowest BCUT2D eigenvalue weighted by Gasteiger charge is -2.44. The van der Waals surface area contributed by atoms with Crippen molar-refractivity contribution >= 4 is 15.6 Å². The van der Waals surface area contributed by atoms with Gasteiger partial charge in [0.15, 0.2) is 0 Å². The third-order valence-electron chi connectivity index (χ3n) is 4.89. The van der Waals surface area contributed by atoms with Crippen molar-refractivity contribution in [3.05, 3.63) is 0 Å². The van der Waals surface area contributed by atoms with Gasteiger partial charge in [-0.2, -0.15) is 0 Å². The van der Waals surface area contributed by atoms with Gasteiger partial charge in [-0.3, -0.25) is 13.6 Å². The fraction of sp³-hybridized carbons (Fsp3) is 1.00. The quantitative estimate of drug-likeness (QED) is 0.150. The SMILES string of the molecule is O=P(O)(O)O[C@H]1[C@@H](O)[C@@H](OP(=O)(O)OC2[C@@H](O)[C@H](O)C(O)[C@H](O)[C@@H]2O)[C@H](O)[C@@H](O)[C@@H]1O. The van der Waals surface area contributed by atoms with Gasteiger partial charge >= 0.3 is 15.6 Å². The van der Waals surface area contributed by atoms with Gasteiger partial charge in [-0.1, -0.05) is 0 Å². The summed E-state index contributed by atoms with van der Waals surface area (Å²) in [5.41, 5.74) is 0. The van der Waals surface area contributed by atoms with Gasteiger partial charge < -0.3 is 60.6 Å². The molecule has 0 radical (unpaired) electrons. The van der Waals surface area contributed by atoms with E-state index in [1.54, 1.807) is 0 Å². The average Bonchev–Trinajstić information content (AvgIpc) is 2.66. The molecule has 0 aliphatic heterocycles. The molecule has 184 valence electrons. The highest BCUT2D eigenvalue weighted by Gasteiger charge is 2.56. The fourth-order valence-electron chi connectivity index (χ4n) is 3.24. The first-order valence-electron chi connectivity index (χ1n) is 8.54. The standard InChI is InChI=1S/C12H24O17P2/c13-1-2(14)5(17)10(6(18)3(1)15)28-31(25,26)29-12-8(20)4(16)7(19)11(9(12)21)27-30(22,23)24/h1-21H,(H,25,26)(H2,22,23,24)/t1?,2-,3+,4-,5-,6-,7-,8+,9+,10?,11+,12-/m0/s1. The summed E-state index contributed by atoms with van der Waals surface area (Å²) >= 11 is 0. The smallest absolute Gasteiger partial charge is 0.387 e. The van der Waals surface area contributed by atoms with Crippen molar-refractivity contribution < 1.29 is 83.3 Å². The zero-order valence-electron chi connectivity index (χ0n) is 15.2. The summed E-state index contributed by atoms with van der Waals surface area (Å²) in [7, 11) is -10.9. The number of aliphatic hydroxyl groups excluding tert-OH is 9. The van der Waals surface area contributed by atoms with Gasteiger partial charge in [-0.25, -0.2) is 9.13 Å². The van der Waals surface area contributed by atoms with E-state index in [4.69, 9.17) is 9.79 Å². The Bertz CT molecular complexity index is 699. The topological polar surface area (TPSA) is 305 Å². The molecule has 2 fully saturated rings. The lowest BCUT2D eigenvalue weighted by atomic mass is 9.85. The van der Waals surface area contributed by atoms with Crippen molar-refractivity contribution in [1.29, 1.82) is 0 Å². The third kappa shape index (κ3) is 5.87. The molecule has 2 aliphatic rings. The Kier molecular flexibility index (Phi) is 8.41. The van der Waals surface area contributed by atoms with Crippen molar-refractivity contribution in [2.24, 2.45) is 0 Å². The second kappa shape index (κ2) is 9.61. The largest absolute Gasteiger partial charge is 0.473 e. The molecule has 0 spiro atoms. The van der Waals surface area contributed by atoms with Crippen molar-refractivity contribution in [2.45, 2.75) is 73.2 Å². The highest BCUT2D eigenvalue weighted by Crippen LogP contribution is 2.51. The predicted octanol–water partition coefficient (Wildman–Crippen LogP) is -6.39. The zero-order chi connectivity index (χ0) is 24.0. The predicted molar refractivity (Wildman–Crippen MR) is 90.5 cm³/mol. The summed E-state index contributed by atoms with van der Waals surface area (Å²) in [6.07, 6.45) is -27.0. The van der Waals surface area contributed by atoms with Crippen LogP contribution in [-0.4, -0.2) is 134 Å². The zero-order valence-corrected chi connectivity index (χ0v) is 17.0. The van der Waals surface area contributed by atoms with Crippen LogP contribution >= 0.6 is 15.6 Å². The lowest BCUT2D eigenvalue weighted by molar-refractivity contribution is -0.229. The Hall–Kier alpha value is -0.140. The van der Waals surface area contributed by atoms with E-state index in [-0.39, 0.29) is 0 Å². The Morgan fingerprint density at radius 3 is 1.03 bits per heavy atom. The highest BCUT2D eigenvalue weighted by molar-refractivity contribution is 7.47. The van der Waals surface area contributed by atoms with Crippen LogP contribution in [0.15, 0.2) is 0 Å². The van der Waals surface area contributed by atoms with Crippen LogP contribution in [0, 0.1) is 0 Å². The molecule has 0 aromatic heterocycles. The molecule has 0 amide bonds. The highest BCUT2D eigenvalue weighted by atomic mass is 31.2. The van der Waals surface area contributed by atoms with Crippen LogP contribution in [0.5, 0.6) is 0 Å². The Morgan fingerprint density at radius 1 is 0.419 bits per heavy atom. The summed E-state index contributed by atoms with van der Waals surface area (Å²) in [4.78, 5) is 27.6. The molecular formula is C12H24O17P2. The van der Waals surface area contributed by atoms with Gasteiger partial charge in [-0.05, 0) is 0 Å². The van der Waals surface area contributed by atoms with E-state index >= 15 is 0 Å². The van der Waals surface area contributed by atoms with Crippen molar-refractivity contribution in [3.63, 3.8) is 0 Å². The van der Waals surface area contributed by atoms with Crippen molar-refractivity contribution in [1.82, 2.24) is 0 Å². The minimum Gasteiger partial charge on any atom is -0.387 e. The Morgan fingerprint density at radius 2 is 0.677 bits per heavy atom. The summed E-state index contributed by atoms with van der Waals surface area (Å²) in [5, 5.41) is 88.0. The molecule has 0 saturated heterocycles. The molecule has 2 saturated carbocycles. The second-order valence-corrected chi connectivity index (χ2v) is 9.64. The van der Waals surface area contributed by atoms with E-state index in [2.05, 4.69) is 13.6 Å². The van der Waals surface area contributed by atoms with Gasteiger partial charge in [0.25, 0.3) is 0 Å².